The van der Waals surface area contributed by atoms with Crippen LogP contribution in [0.5, 0.6) is 5.75 Å². The number of benzene rings is 3. The summed E-state index contributed by atoms with van der Waals surface area (Å²) in [6.07, 6.45) is -5.43. The molecule has 1 fully saturated rings. The van der Waals surface area contributed by atoms with Crippen molar-refractivity contribution in [3.05, 3.63) is 90.0 Å². The van der Waals surface area contributed by atoms with Gasteiger partial charge in [0.05, 0.1) is 33.0 Å². The van der Waals surface area contributed by atoms with Gasteiger partial charge in [-0.05, 0) is 61.4 Å². The molecule has 0 unspecified atom stereocenters. The Balaban J connectivity index is 1.68. The highest BCUT2D eigenvalue weighted by molar-refractivity contribution is 7.92. The normalized spacial score (nSPS) is 20.1. The summed E-state index contributed by atoms with van der Waals surface area (Å²) in [6.45, 7) is -0.591. The average Bonchev–Trinajstić information content (AvgIpc) is 2.93. The quantitative estimate of drug-likeness (QED) is 0.288. The van der Waals surface area contributed by atoms with Crippen molar-refractivity contribution < 1.29 is 48.3 Å². The third-order valence-corrected chi connectivity index (χ3v) is 11.2. The first-order valence-electron chi connectivity index (χ1n) is 12.5. The average molecular weight is 617 g/mol. The molecule has 6 nitrogen and oxygen atoms in total. The minimum Gasteiger partial charge on any atom is -0.490 e. The summed E-state index contributed by atoms with van der Waals surface area (Å²) in [5.74, 6) is -5.62. The molecule has 0 aromatic heterocycles. The molecule has 3 atom stereocenters. The van der Waals surface area contributed by atoms with Crippen molar-refractivity contribution in [3.63, 3.8) is 0 Å². The Morgan fingerprint density at radius 3 is 2.15 bits per heavy atom. The van der Waals surface area contributed by atoms with Crippen LogP contribution < -0.4 is 4.74 Å². The van der Waals surface area contributed by atoms with Gasteiger partial charge < -0.3 is 4.74 Å². The number of carbonyl (C=O) groups excluding carboxylic acids is 1. The maximum Gasteiger partial charge on any atom is 0.416 e. The Hall–Kier alpha value is -3.32. The molecule has 3 aromatic carbocycles. The lowest BCUT2D eigenvalue weighted by Gasteiger charge is -2.36. The van der Waals surface area contributed by atoms with Gasteiger partial charge in [0.15, 0.2) is 31.2 Å². The second-order valence-corrected chi connectivity index (χ2v) is 14.0. The van der Waals surface area contributed by atoms with Crippen LogP contribution in [-0.2, 0) is 30.6 Å². The Bertz CT molecular complexity index is 1610. The zero-order valence-electron chi connectivity index (χ0n) is 21.4. The van der Waals surface area contributed by atoms with Gasteiger partial charge in [-0.1, -0.05) is 18.2 Å². The highest BCUT2D eigenvalue weighted by Crippen LogP contribution is 2.39. The maximum atomic E-state index is 14.3. The van der Waals surface area contributed by atoms with Crippen LogP contribution in [0.2, 0.25) is 0 Å². The molecule has 1 saturated carbocycles. The van der Waals surface area contributed by atoms with E-state index < -0.39 is 88.9 Å². The summed E-state index contributed by atoms with van der Waals surface area (Å²) < 4.78 is 126. The Morgan fingerprint density at radius 2 is 1.51 bits per heavy atom. The van der Waals surface area contributed by atoms with Gasteiger partial charge in [-0.2, -0.15) is 13.2 Å². The van der Waals surface area contributed by atoms with Gasteiger partial charge in [0.2, 0.25) is 0 Å². The minimum absolute atomic E-state index is 0.00631. The third-order valence-electron chi connectivity index (χ3n) is 7.12. The summed E-state index contributed by atoms with van der Waals surface area (Å²) in [6, 6.07) is 12.7. The monoisotopic (exact) mass is 616 g/mol. The number of ether oxygens (including phenoxy) is 1. The van der Waals surface area contributed by atoms with Gasteiger partial charge in [-0.25, -0.2) is 25.6 Å². The molecule has 0 N–H and O–H groups in total. The van der Waals surface area contributed by atoms with Crippen molar-refractivity contribution in [1.82, 2.24) is 0 Å². The molecular formula is C28H25F5O6S2. The summed E-state index contributed by atoms with van der Waals surface area (Å²) in [4.78, 5) is 12.6. The van der Waals surface area contributed by atoms with Crippen molar-refractivity contribution in [2.24, 2.45) is 11.8 Å². The van der Waals surface area contributed by atoms with Crippen molar-refractivity contribution in [1.29, 1.82) is 0 Å². The SMILES string of the molecule is O=C1CC[C@H](S(=O)(=O)c2ccc(C(F)(F)F)cc2)[C@@H](COc2cc(F)ccc2F)[C@@H]1CCS(=O)(=O)c1ccccc1. The minimum atomic E-state index is -4.69. The standard InChI is InChI=1S/C28H25F5O6S2/c29-19-8-11-24(30)26(16-19)39-17-23-22(14-15-40(35,36)20-4-2-1-3-5-20)25(34)12-13-27(23)41(37,38)21-9-6-18(7-10-21)28(31,32)33/h1-11,16,22-23,27H,12-15,17H2/t22-,23-,27-/m0/s1. The van der Waals surface area contributed by atoms with Gasteiger partial charge in [-0.15, -0.1) is 0 Å². The Kier molecular flexibility index (Phi) is 8.88. The second-order valence-electron chi connectivity index (χ2n) is 9.69. The molecule has 41 heavy (non-hydrogen) atoms. The van der Waals surface area contributed by atoms with Crippen LogP contribution in [0.3, 0.4) is 0 Å². The highest BCUT2D eigenvalue weighted by atomic mass is 32.2. The number of carbonyl (C=O) groups is 1. The van der Waals surface area contributed by atoms with E-state index in [1.807, 2.05) is 0 Å². The molecule has 3 aromatic rings. The summed E-state index contributed by atoms with van der Waals surface area (Å²) in [5.41, 5.74) is -1.05. The number of Topliss-reactive ketones (excluding diaryl/α,β-unsaturated/α-hetero) is 1. The molecule has 0 amide bonds. The molecular weight excluding hydrogens is 591 g/mol. The van der Waals surface area contributed by atoms with E-state index in [-0.39, 0.29) is 24.2 Å². The number of halogens is 5. The van der Waals surface area contributed by atoms with Gasteiger partial charge >= 0.3 is 6.18 Å². The lowest BCUT2D eigenvalue weighted by Crippen LogP contribution is -2.46. The molecule has 0 spiro atoms. The largest absolute Gasteiger partial charge is 0.490 e. The number of rotatable bonds is 9. The van der Waals surface area contributed by atoms with Crippen molar-refractivity contribution in [2.45, 2.75) is 40.5 Å². The van der Waals surface area contributed by atoms with Gasteiger partial charge in [0.1, 0.15) is 11.6 Å². The first-order chi connectivity index (χ1) is 19.2. The van der Waals surface area contributed by atoms with Crippen LogP contribution in [0, 0.1) is 23.5 Å². The van der Waals surface area contributed by atoms with Crippen molar-refractivity contribution in [2.75, 3.05) is 12.4 Å². The maximum absolute atomic E-state index is 14.3. The van der Waals surface area contributed by atoms with E-state index in [9.17, 15) is 43.6 Å². The molecule has 0 radical (unpaired) electrons. The topological polar surface area (TPSA) is 94.6 Å². The molecule has 1 aliphatic carbocycles. The van der Waals surface area contributed by atoms with Crippen molar-refractivity contribution >= 4 is 25.5 Å². The van der Waals surface area contributed by atoms with E-state index in [4.69, 9.17) is 4.74 Å². The Morgan fingerprint density at radius 1 is 0.854 bits per heavy atom. The first kappa shape index (κ1) is 30.6. The van der Waals surface area contributed by atoms with Crippen LogP contribution >= 0.6 is 0 Å². The zero-order chi connectivity index (χ0) is 30.0. The van der Waals surface area contributed by atoms with Crippen LogP contribution in [0.4, 0.5) is 22.0 Å². The third kappa shape index (κ3) is 6.95. The zero-order valence-corrected chi connectivity index (χ0v) is 23.0. The number of sulfone groups is 2. The Labute approximate surface area is 234 Å². The summed E-state index contributed by atoms with van der Waals surface area (Å²) >= 11 is 0. The van der Waals surface area contributed by atoms with Crippen molar-refractivity contribution in [3.8, 4) is 5.75 Å². The summed E-state index contributed by atoms with van der Waals surface area (Å²) in [5, 5.41) is -1.38. The van der Waals surface area contributed by atoms with E-state index in [0.717, 1.165) is 30.3 Å². The number of hydrogen-bond acceptors (Lipinski definition) is 6. The number of ketones is 1. The molecule has 0 saturated heterocycles. The fourth-order valence-electron chi connectivity index (χ4n) is 4.98. The molecule has 0 bridgehead atoms. The highest BCUT2D eigenvalue weighted by Gasteiger charge is 2.46. The fraction of sp³-hybridized carbons (Fsp3) is 0.321. The number of alkyl halides is 3. The lowest BCUT2D eigenvalue weighted by atomic mass is 9.77. The lowest BCUT2D eigenvalue weighted by molar-refractivity contribution is -0.137. The molecule has 13 heteroatoms. The van der Waals surface area contributed by atoms with Crippen LogP contribution in [0.1, 0.15) is 24.8 Å². The molecule has 0 heterocycles. The predicted molar refractivity (Wildman–Crippen MR) is 139 cm³/mol. The van der Waals surface area contributed by atoms with Crippen LogP contribution in [0.25, 0.3) is 0 Å². The summed E-state index contributed by atoms with van der Waals surface area (Å²) in [7, 11) is -8.24. The molecule has 220 valence electrons. The first-order valence-corrected chi connectivity index (χ1v) is 15.7. The predicted octanol–water partition coefficient (Wildman–Crippen LogP) is 5.66. The van der Waals surface area contributed by atoms with Gasteiger partial charge in [0.25, 0.3) is 0 Å². The number of hydrogen-bond donors (Lipinski definition) is 0. The fourth-order valence-corrected chi connectivity index (χ4v) is 8.37. The van der Waals surface area contributed by atoms with Crippen LogP contribution in [-0.4, -0.2) is 40.2 Å². The molecule has 0 aliphatic heterocycles. The van der Waals surface area contributed by atoms with E-state index in [1.54, 1.807) is 6.07 Å². The van der Waals surface area contributed by atoms with Gasteiger partial charge in [-0.3, -0.25) is 4.79 Å². The molecule has 4 rings (SSSR count). The second kappa shape index (κ2) is 11.9. The van der Waals surface area contributed by atoms with Crippen LogP contribution in [0.15, 0.2) is 82.6 Å². The smallest absolute Gasteiger partial charge is 0.416 e. The van der Waals surface area contributed by atoms with Gasteiger partial charge in [0, 0.05) is 24.3 Å². The van der Waals surface area contributed by atoms with E-state index in [1.165, 1.54) is 24.3 Å². The van der Waals surface area contributed by atoms with E-state index >= 15 is 0 Å². The molecule has 1 aliphatic rings. The van der Waals surface area contributed by atoms with E-state index in [0.29, 0.717) is 12.1 Å². The van der Waals surface area contributed by atoms with E-state index in [2.05, 4.69) is 0 Å².